The Kier molecular flexibility index (Phi) is 2.93. The van der Waals surface area contributed by atoms with Crippen molar-refractivity contribution >= 4 is 23.1 Å². The zero-order chi connectivity index (χ0) is 15.4. The molecule has 1 saturated carbocycles. The molecule has 1 N–H and O–H groups in total. The van der Waals surface area contributed by atoms with Gasteiger partial charge in [0.1, 0.15) is 12.4 Å². The zero-order valence-electron chi connectivity index (χ0n) is 10.6. The molecule has 1 aliphatic carbocycles. The van der Waals surface area contributed by atoms with Crippen molar-refractivity contribution in [3.05, 3.63) is 23.5 Å². The number of alkyl halides is 3. The van der Waals surface area contributed by atoms with Gasteiger partial charge in [0.25, 0.3) is 11.7 Å². The molecule has 1 amide bonds. The highest BCUT2D eigenvalue weighted by Crippen LogP contribution is 2.38. The number of Topliss-reactive ketones (excluding diaryl/α,β-unsaturated/α-hetero) is 1. The van der Waals surface area contributed by atoms with Gasteiger partial charge in [0.2, 0.25) is 0 Å². The Morgan fingerprint density at radius 2 is 1.90 bits per heavy atom. The van der Waals surface area contributed by atoms with Crippen molar-refractivity contribution in [2.75, 3.05) is 16.8 Å². The van der Waals surface area contributed by atoms with Crippen LogP contribution in [0.15, 0.2) is 12.1 Å². The number of fused-ring (bicyclic) bond motifs is 1. The molecule has 4 nitrogen and oxygen atoms in total. The number of carbonyl (C=O) groups is 2. The summed E-state index contributed by atoms with van der Waals surface area (Å²) in [6.45, 7) is -1.27. The largest absolute Gasteiger partial charge is 0.405 e. The number of nitrogens with zero attached hydrogens (tertiary/aromatic N) is 1. The minimum atomic E-state index is -4.47. The van der Waals surface area contributed by atoms with E-state index in [1.807, 2.05) is 0 Å². The average Bonchev–Trinajstić information content (AvgIpc) is 3.16. The standard InChI is InChI=1S/C13H10F4N2O2/c14-8-3-7-9(18-12(21)11(7)20)4-10(8)19(6-1-2-6)5-13(15,16)17/h3-4,6H,1-2,5H2,(H,18,20,21). The fraction of sp³-hybridized carbons (Fsp3) is 0.385. The first-order valence-corrected chi connectivity index (χ1v) is 6.29. The van der Waals surface area contributed by atoms with Gasteiger partial charge >= 0.3 is 6.18 Å². The molecule has 0 spiro atoms. The Bertz CT molecular complexity index is 638. The lowest BCUT2D eigenvalue weighted by atomic mass is 10.1. The number of hydrogen-bond acceptors (Lipinski definition) is 3. The van der Waals surface area contributed by atoms with Crippen LogP contribution in [0.5, 0.6) is 0 Å². The smallest absolute Gasteiger partial charge is 0.357 e. The van der Waals surface area contributed by atoms with Gasteiger partial charge in [0.15, 0.2) is 0 Å². The minimum absolute atomic E-state index is 0.0502. The van der Waals surface area contributed by atoms with Gasteiger partial charge in [-0.05, 0) is 25.0 Å². The molecule has 3 rings (SSSR count). The molecule has 1 aromatic carbocycles. The van der Waals surface area contributed by atoms with Crippen molar-refractivity contribution in [3.63, 3.8) is 0 Å². The highest BCUT2D eigenvalue weighted by atomic mass is 19.4. The van der Waals surface area contributed by atoms with Crippen molar-refractivity contribution in [2.45, 2.75) is 25.1 Å². The third-order valence-electron chi connectivity index (χ3n) is 3.43. The van der Waals surface area contributed by atoms with E-state index in [0.29, 0.717) is 12.8 Å². The van der Waals surface area contributed by atoms with Crippen molar-refractivity contribution < 1.29 is 27.2 Å². The molecule has 1 heterocycles. The van der Waals surface area contributed by atoms with E-state index < -0.39 is 30.2 Å². The summed E-state index contributed by atoms with van der Waals surface area (Å²) in [5.74, 6) is -2.73. The van der Waals surface area contributed by atoms with Crippen LogP contribution in [0.4, 0.5) is 28.9 Å². The van der Waals surface area contributed by atoms with E-state index >= 15 is 0 Å². The lowest BCUT2D eigenvalue weighted by Gasteiger charge is -2.26. The summed E-state index contributed by atoms with van der Waals surface area (Å²) in [6, 6.07) is 1.54. The van der Waals surface area contributed by atoms with Crippen molar-refractivity contribution in [3.8, 4) is 0 Å². The molecule has 0 atom stereocenters. The van der Waals surface area contributed by atoms with Crippen LogP contribution < -0.4 is 10.2 Å². The fourth-order valence-corrected chi connectivity index (χ4v) is 2.36. The van der Waals surface area contributed by atoms with E-state index in [0.717, 1.165) is 17.0 Å². The first-order chi connectivity index (χ1) is 9.76. The lowest BCUT2D eigenvalue weighted by Crippen LogP contribution is -2.36. The van der Waals surface area contributed by atoms with Gasteiger partial charge in [-0.15, -0.1) is 0 Å². The normalized spacial score (nSPS) is 17.7. The molecular formula is C13H10F4N2O2. The van der Waals surface area contributed by atoms with Gasteiger partial charge in [-0.25, -0.2) is 4.39 Å². The Hall–Kier alpha value is -2.12. The highest BCUT2D eigenvalue weighted by molar-refractivity contribution is 6.51. The summed E-state index contributed by atoms with van der Waals surface area (Å²) < 4.78 is 51.9. The highest BCUT2D eigenvalue weighted by Gasteiger charge is 2.40. The molecule has 0 saturated heterocycles. The molecule has 21 heavy (non-hydrogen) atoms. The summed E-state index contributed by atoms with van der Waals surface area (Å²) in [7, 11) is 0. The first-order valence-electron chi connectivity index (χ1n) is 6.29. The second-order valence-corrected chi connectivity index (χ2v) is 5.11. The van der Waals surface area contributed by atoms with Gasteiger partial charge in [-0.3, -0.25) is 9.59 Å². The third kappa shape index (κ3) is 2.57. The second kappa shape index (κ2) is 4.44. The Morgan fingerprint density at radius 1 is 1.24 bits per heavy atom. The number of benzene rings is 1. The average molecular weight is 302 g/mol. The van der Waals surface area contributed by atoms with Crippen LogP contribution >= 0.6 is 0 Å². The number of halogens is 4. The Labute approximate surface area is 116 Å². The molecule has 0 radical (unpaired) electrons. The lowest BCUT2D eigenvalue weighted by molar-refractivity contribution is -0.120. The number of ketones is 1. The van der Waals surface area contributed by atoms with Crippen molar-refractivity contribution in [1.82, 2.24) is 0 Å². The van der Waals surface area contributed by atoms with Gasteiger partial charge in [-0.1, -0.05) is 0 Å². The summed E-state index contributed by atoms with van der Waals surface area (Å²) in [6.07, 6.45) is -3.36. The van der Waals surface area contributed by atoms with Gasteiger partial charge in [0.05, 0.1) is 16.9 Å². The number of rotatable bonds is 3. The predicted octanol–water partition coefficient (Wildman–Crippen LogP) is 2.49. The van der Waals surface area contributed by atoms with E-state index in [-0.39, 0.29) is 23.0 Å². The Morgan fingerprint density at radius 3 is 2.48 bits per heavy atom. The first kappa shape index (κ1) is 13.8. The van der Waals surface area contributed by atoms with E-state index in [1.165, 1.54) is 0 Å². The topological polar surface area (TPSA) is 49.4 Å². The summed E-state index contributed by atoms with van der Waals surface area (Å²) in [4.78, 5) is 23.6. The van der Waals surface area contributed by atoms with Crippen LogP contribution in [-0.4, -0.2) is 30.5 Å². The SMILES string of the molecule is O=C1Nc2cc(N(CC(F)(F)F)C3CC3)c(F)cc2C1=O. The van der Waals surface area contributed by atoms with Crippen LogP contribution in [0.25, 0.3) is 0 Å². The molecule has 2 aliphatic rings. The number of nitrogens with one attached hydrogen (secondary N) is 1. The summed E-state index contributed by atoms with van der Waals surface area (Å²) in [5.41, 5.74) is -0.346. The molecule has 1 fully saturated rings. The summed E-state index contributed by atoms with van der Waals surface area (Å²) >= 11 is 0. The zero-order valence-corrected chi connectivity index (χ0v) is 10.6. The van der Waals surface area contributed by atoms with E-state index in [1.54, 1.807) is 0 Å². The maximum Gasteiger partial charge on any atom is 0.405 e. The fourth-order valence-electron chi connectivity index (χ4n) is 2.36. The van der Waals surface area contributed by atoms with E-state index in [4.69, 9.17) is 0 Å². The number of anilines is 2. The van der Waals surface area contributed by atoms with Crippen LogP contribution in [0, 0.1) is 5.82 Å². The van der Waals surface area contributed by atoms with Crippen LogP contribution in [0.2, 0.25) is 0 Å². The summed E-state index contributed by atoms with van der Waals surface area (Å²) in [5, 5.41) is 2.23. The third-order valence-corrected chi connectivity index (χ3v) is 3.43. The number of hydrogen-bond donors (Lipinski definition) is 1. The van der Waals surface area contributed by atoms with Crippen LogP contribution in [0.1, 0.15) is 23.2 Å². The number of amides is 1. The minimum Gasteiger partial charge on any atom is -0.357 e. The van der Waals surface area contributed by atoms with Crippen LogP contribution in [-0.2, 0) is 4.79 Å². The second-order valence-electron chi connectivity index (χ2n) is 5.11. The molecule has 1 aliphatic heterocycles. The van der Waals surface area contributed by atoms with E-state index in [2.05, 4.69) is 5.32 Å². The molecule has 1 aromatic rings. The maximum atomic E-state index is 14.1. The predicted molar refractivity (Wildman–Crippen MR) is 65.8 cm³/mol. The maximum absolute atomic E-state index is 14.1. The molecule has 0 bridgehead atoms. The number of carbonyl (C=O) groups excluding carboxylic acids is 2. The molecule has 0 unspecified atom stereocenters. The molecule has 8 heteroatoms. The van der Waals surface area contributed by atoms with Crippen molar-refractivity contribution in [2.24, 2.45) is 0 Å². The van der Waals surface area contributed by atoms with Gasteiger partial charge in [-0.2, -0.15) is 13.2 Å². The van der Waals surface area contributed by atoms with Crippen molar-refractivity contribution in [1.29, 1.82) is 0 Å². The van der Waals surface area contributed by atoms with Crippen LogP contribution in [0.3, 0.4) is 0 Å². The van der Waals surface area contributed by atoms with Gasteiger partial charge < -0.3 is 10.2 Å². The molecule has 112 valence electrons. The van der Waals surface area contributed by atoms with Gasteiger partial charge in [0, 0.05) is 6.04 Å². The monoisotopic (exact) mass is 302 g/mol. The Balaban J connectivity index is 2.00. The molecular weight excluding hydrogens is 292 g/mol. The van der Waals surface area contributed by atoms with E-state index in [9.17, 15) is 27.2 Å². The molecule has 0 aromatic heterocycles. The quantitative estimate of drug-likeness (QED) is 0.689.